The highest BCUT2D eigenvalue weighted by Crippen LogP contribution is 2.50. The van der Waals surface area contributed by atoms with Gasteiger partial charge in [-0.05, 0) is 42.3 Å². The molecule has 0 amide bonds. The molecular formula is C24H17NO5. The maximum atomic E-state index is 13.0. The topological polar surface area (TPSA) is 82.6 Å². The molecule has 0 saturated heterocycles. The summed E-state index contributed by atoms with van der Waals surface area (Å²) in [5, 5.41) is 11.8. The minimum absolute atomic E-state index is 0.00566. The van der Waals surface area contributed by atoms with Crippen LogP contribution in [0.4, 0.5) is 5.69 Å². The molecule has 0 radical (unpaired) electrons. The molecule has 0 spiro atoms. The predicted molar refractivity (Wildman–Crippen MR) is 112 cm³/mol. The molecule has 0 fully saturated rings. The maximum absolute atomic E-state index is 13.0. The molecule has 1 aromatic heterocycles. The van der Waals surface area contributed by atoms with Crippen molar-refractivity contribution < 1.29 is 14.1 Å². The lowest BCUT2D eigenvalue weighted by molar-refractivity contribution is -0.384. The Morgan fingerprint density at radius 1 is 0.900 bits per heavy atom. The summed E-state index contributed by atoms with van der Waals surface area (Å²) in [7, 11) is 0. The van der Waals surface area contributed by atoms with Crippen LogP contribution < -0.4 is 10.4 Å². The van der Waals surface area contributed by atoms with Crippen molar-refractivity contribution in [3.8, 4) is 5.75 Å². The number of nitro groups is 1. The summed E-state index contributed by atoms with van der Waals surface area (Å²) >= 11 is 0. The zero-order chi connectivity index (χ0) is 20.8. The van der Waals surface area contributed by atoms with Gasteiger partial charge in [0.2, 0.25) is 0 Å². The average molecular weight is 399 g/mol. The number of hydrogen-bond donors (Lipinski definition) is 0. The molecule has 2 heterocycles. The third-order valence-corrected chi connectivity index (χ3v) is 5.53. The zero-order valence-corrected chi connectivity index (χ0v) is 16.1. The Bertz CT molecular complexity index is 1320. The molecule has 6 nitrogen and oxygen atoms in total. The minimum atomic E-state index is -0.503. The number of para-hydroxylation sites is 1. The Labute approximate surface area is 171 Å². The Morgan fingerprint density at radius 3 is 2.27 bits per heavy atom. The van der Waals surface area contributed by atoms with Crippen molar-refractivity contribution >= 4 is 16.7 Å². The number of rotatable bonds is 3. The minimum Gasteiger partial charge on any atom is -0.483 e. The van der Waals surface area contributed by atoms with Gasteiger partial charge in [0.25, 0.3) is 5.69 Å². The van der Waals surface area contributed by atoms with E-state index in [9.17, 15) is 14.9 Å². The van der Waals surface area contributed by atoms with Crippen LogP contribution in [0.3, 0.4) is 0 Å². The quantitative estimate of drug-likeness (QED) is 0.266. The highest BCUT2D eigenvalue weighted by molar-refractivity contribution is 5.85. The first-order valence-electron chi connectivity index (χ1n) is 9.56. The summed E-state index contributed by atoms with van der Waals surface area (Å²) in [6.07, 6.45) is -0.503. The molecule has 1 aliphatic heterocycles. The molecule has 3 aromatic carbocycles. The van der Waals surface area contributed by atoms with Gasteiger partial charge in [-0.25, -0.2) is 4.79 Å². The lowest BCUT2D eigenvalue weighted by Crippen LogP contribution is -2.15. The van der Waals surface area contributed by atoms with E-state index in [-0.39, 0.29) is 11.6 Å². The van der Waals surface area contributed by atoms with E-state index in [1.165, 1.54) is 12.1 Å². The van der Waals surface area contributed by atoms with Gasteiger partial charge >= 0.3 is 5.63 Å². The standard InChI is InChI=1S/C24H17NO5/c1-14-6-8-15(9-7-14)20-21-23(18-4-2-3-5-19(18)29-24(21)26)30-22(20)16-10-12-17(13-11-16)25(27)28/h2-13,20,22H,1H3/t20-,22+/m0/s1. The Hall–Kier alpha value is -3.93. The first kappa shape index (κ1) is 18.1. The molecule has 6 heteroatoms. The van der Waals surface area contributed by atoms with Crippen LogP contribution in [0.25, 0.3) is 11.0 Å². The van der Waals surface area contributed by atoms with Crippen LogP contribution >= 0.6 is 0 Å². The lowest BCUT2D eigenvalue weighted by atomic mass is 9.85. The first-order valence-corrected chi connectivity index (χ1v) is 9.56. The van der Waals surface area contributed by atoms with Gasteiger partial charge in [-0.1, -0.05) is 42.0 Å². The Balaban J connectivity index is 1.72. The number of non-ortho nitro benzene ring substituents is 1. The predicted octanol–water partition coefficient (Wildman–Crippen LogP) is 5.28. The summed E-state index contributed by atoms with van der Waals surface area (Å²) in [4.78, 5) is 23.6. The van der Waals surface area contributed by atoms with E-state index < -0.39 is 16.7 Å². The molecule has 30 heavy (non-hydrogen) atoms. The highest BCUT2D eigenvalue weighted by Gasteiger charge is 2.41. The number of fused-ring (bicyclic) bond motifs is 3. The van der Waals surface area contributed by atoms with Crippen LogP contribution in [-0.2, 0) is 0 Å². The van der Waals surface area contributed by atoms with E-state index in [0.717, 1.165) is 22.1 Å². The Kier molecular flexibility index (Phi) is 4.13. The van der Waals surface area contributed by atoms with Crippen LogP contribution in [0, 0.1) is 17.0 Å². The first-order chi connectivity index (χ1) is 14.5. The van der Waals surface area contributed by atoms with E-state index in [0.29, 0.717) is 16.9 Å². The molecule has 0 aliphatic carbocycles. The van der Waals surface area contributed by atoms with Crippen LogP contribution in [0.2, 0.25) is 0 Å². The van der Waals surface area contributed by atoms with Gasteiger partial charge in [0.1, 0.15) is 17.4 Å². The molecule has 2 atom stereocenters. The third-order valence-electron chi connectivity index (χ3n) is 5.53. The molecular weight excluding hydrogens is 382 g/mol. The van der Waals surface area contributed by atoms with Crippen molar-refractivity contribution in [1.82, 2.24) is 0 Å². The molecule has 4 aromatic rings. The number of aryl methyl sites for hydroxylation is 1. The number of hydrogen-bond acceptors (Lipinski definition) is 5. The van der Waals surface area contributed by atoms with Gasteiger partial charge in [-0.2, -0.15) is 0 Å². The molecule has 5 rings (SSSR count). The molecule has 0 unspecified atom stereocenters. The third kappa shape index (κ3) is 2.85. The largest absolute Gasteiger partial charge is 0.483 e. The van der Waals surface area contributed by atoms with Crippen molar-refractivity contribution in [1.29, 1.82) is 0 Å². The van der Waals surface area contributed by atoms with Gasteiger partial charge in [0, 0.05) is 12.1 Å². The second-order valence-electron chi connectivity index (χ2n) is 7.40. The van der Waals surface area contributed by atoms with Crippen LogP contribution in [-0.4, -0.2) is 4.92 Å². The number of benzene rings is 3. The fourth-order valence-corrected chi connectivity index (χ4v) is 4.04. The van der Waals surface area contributed by atoms with Gasteiger partial charge in [-0.15, -0.1) is 0 Å². The fraction of sp³-hybridized carbons (Fsp3) is 0.125. The van der Waals surface area contributed by atoms with E-state index >= 15 is 0 Å². The van der Waals surface area contributed by atoms with Gasteiger partial charge in [0.05, 0.1) is 21.8 Å². The second-order valence-corrected chi connectivity index (χ2v) is 7.40. The Morgan fingerprint density at radius 2 is 1.57 bits per heavy atom. The van der Waals surface area contributed by atoms with Gasteiger partial charge in [-0.3, -0.25) is 10.1 Å². The summed E-state index contributed by atoms with van der Waals surface area (Å²) in [5.74, 6) is 0.124. The molecule has 0 N–H and O–H groups in total. The van der Waals surface area contributed by atoms with Crippen LogP contribution in [0.15, 0.2) is 82.0 Å². The zero-order valence-electron chi connectivity index (χ0n) is 16.1. The summed E-state index contributed by atoms with van der Waals surface area (Å²) in [6, 6.07) is 21.5. The highest BCUT2D eigenvalue weighted by atomic mass is 16.6. The summed E-state index contributed by atoms with van der Waals surface area (Å²) in [6.45, 7) is 2.00. The van der Waals surface area contributed by atoms with Crippen LogP contribution in [0.5, 0.6) is 5.75 Å². The smallest absolute Gasteiger partial charge is 0.344 e. The summed E-state index contributed by atoms with van der Waals surface area (Å²) in [5.41, 5.74) is 3.30. The van der Waals surface area contributed by atoms with E-state index in [1.54, 1.807) is 24.3 Å². The number of nitrogens with zero attached hydrogens (tertiary/aromatic N) is 1. The molecule has 1 aliphatic rings. The normalized spacial score (nSPS) is 17.5. The van der Waals surface area contributed by atoms with E-state index in [4.69, 9.17) is 9.15 Å². The fourth-order valence-electron chi connectivity index (χ4n) is 4.04. The number of ether oxygens (including phenoxy) is 1. The number of nitro benzene ring substituents is 1. The van der Waals surface area contributed by atoms with Crippen molar-refractivity contribution in [2.45, 2.75) is 18.9 Å². The summed E-state index contributed by atoms with van der Waals surface area (Å²) < 4.78 is 11.9. The molecule has 0 saturated carbocycles. The van der Waals surface area contributed by atoms with Crippen molar-refractivity contribution in [2.75, 3.05) is 0 Å². The van der Waals surface area contributed by atoms with E-state index in [1.807, 2.05) is 43.3 Å². The lowest BCUT2D eigenvalue weighted by Gasteiger charge is -2.19. The molecule has 148 valence electrons. The van der Waals surface area contributed by atoms with Gasteiger partial charge < -0.3 is 9.15 Å². The maximum Gasteiger partial charge on any atom is 0.344 e. The van der Waals surface area contributed by atoms with Crippen molar-refractivity contribution in [2.24, 2.45) is 0 Å². The monoisotopic (exact) mass is 399 g/mol. The van der Waals surface area contributed by atoms with E-state index in [2.05, 4.69) is 0 Å². The SMILES string of the molecule is Cc1ccc([C@H]2c3c(c4ccccc4oc3=O)O[C@@H]2c2ccc([N+](=O)[O-])cc2)cc1. The van der Waals surface area contributed by atoms with Crippen molar-refractivity contribution in [3.05, 3.63) is 116 Å². The second kappa shape index (κ2) is 6.84. The van der Waals surface area contributed by atoms with Crippen LogP contribution in [0.1, 0.15) is 34.3 Å². The van der Waals surface area contributed by atoms with Gasteiger partial charge in [0.15, 0.2) is 0 Å². The van der Waals surface area contributed by atoms with Crippen molar-refractivity contribution in [3.63, 3.8) is 0 Å². The molecule has 0 bridgehead atoms. The average Bonchev–Trinajstić information content (AvgIpc) is 3.16.